The van der Waals surface area contributed by atoms with Gasteiger partial charge in [0.25, 0.3) is 10.0 Å². The van der Waals surface area contributed by atoms with E-state index in [1.54, 1.807) is 6.07 Å². The first-order valence-electron chi connectivity index (χ1n) is 5.94. The third-order valence-corrected chi connectivity index (χ3v) is 4.41. The van der Waals surface area contributed by atoms with E-state index in [4.69, 9.17) is 11.6 Å². The van der Waals surface area contributed by atoms with Gasteiger partial charge in [-0.3, -0.25) is 9.82 Å². The van der Waals surface area contributed by atoms with Crippen LogP contribution in [0.1, 0.15) is 19.0 Å². The summed E-state index contributed by atoms with van der Waals surface area (Å²) in [5.74, 6) is -0.530. The van der Waals surface area contributed by atoms with Crippen LogP contribution in [0.5, 0.6) is 0 Å². The van der Waals surface area contributed by atoms with E-state index < -0.39 is 15.8 Å². The topological polar surface area (TPSA) is 74.8 Å². The van der Waals surface area contributed by atoms with Gasteiger partial charge in [0.05, 0.1) is 5.02 Å². The van der Waals surface area contributed by atoms with E-state index in [0.717, 1.165) is 30.7 Å². The molecule has 20 heavy (non-hydrogen) atoms. The van der Waals surface area contributed by atoms with Crippen LogP contribution in [-0.2, 0) is 16.4 Å². The molecular weight excluding hydrogens is 305 g/mol. The second-order valence-electron chi connectivity index (χ2n) is 4.21. The molecule has 0 spiro atoms. The number of aromatic nitrogens is 2. The Labute approximate surface area is 121 Å². The summed E-state index contributed by atoms with van der Waals surface area (Å²) >= 11 is 5.79. The van der Waals surface area contributed by atoms with E-state index in [1.807, 2.05) is 6.92 Å². The monoisotopic (exact) mass is 317 g/mol. The predicted molar refractivity (Wildman–Crippen MR) is 74.8 cm³/mol. The lowest BCUT2D eigenvalue weighted by molar-refractivity contribution is 0.595. The number of hydrogen-bond donors (Lipinski definition) is 2. The number of nitrogens with zero attached hydrogens (tertiary/aromatic N) is 1. The highest BCUT2D eigenvalue weighted by Gasteiger charge is 2.20. The smallest absolute Gasteiger partial charge is 0.264 e. The predicted octanol–water partition coefficient (Wildman–Crippen LogP) is 2.96. The van der Waals surface area contributed by atoms with Crippen molar-refractivity contribution in [1.82, 2.24) is 10.2 Å². The molecule has 0 aliphatic heterocycles. The van der Waals surface area contributed by atoms with Crippen molar-refractivity contribution in [2.24, 2.45) is 0 Å². The molecule has 0 radical (unpaired) electrons. The van der Waals surface area contributed by atoms with Crippen molar-refractivity contribution in [3.05, 3.63) is 40.8 Å². The summed E-state index contributed by atoms with van der Waals surface area (Å²) in [5.41, 5.74) is 0.815. The van der Waals surface area contributed by atoms with Crippen LogP contribution in [0.25, 0.3) is 0 Å². The number of benzene rings is 1. The maximum Gasteiger partial charge on any atom is 0.264 e. The number of anilines is 1. The number of halogens is 2. The lowest BCUT2D eigenvalue weighted by Gasteiger charge is -2.07. The zero-order chi connectivity index (χ0) is 14.8. The summed E-state index contributed by atoms with van der Waals surface area (Å²) in [7, 11) is -3.97. The van der Waals surface area contributed by atoms with Gasteiger partial charge >= 0.3 is 0 Å². The molecule has 0 aliphatic carbocycles. The molecule has 2 rings (SSSR count). The number of aryl methyl sites for hydroxylation is 1. The quantitative estimate of drug-likeness (QED) is 0.890. The molecular formula is C12H13ClFN3O2S. The number of nitrogens with one attached hydrogen (secondary N) is 2. The molecule has 1 aromatic carbocycles. The number of aromatic amines is 1. The minimum absolute atomic E-state index is 0.0526. The molecule has 1 aromatic heterocycles. The Kier molecular flexibility index (Phi) is 4.29. The molecule has 0 saturated carbocycles. The van der Waals surface area contributed by atoms with Gasteiger partial charge in [0.1, 0.15) is 10.7 Å². The molecule has 5 nitrogen and oxygen atoms in total. The van der Waals surface area contributed by atoms with Crippen LogP contribution in [0.4, 0.5) is 10.2 Å². The largest absolute Gasteiger partial charge is 0.280 e. The van der Waals surface area contributed by atoms with Crippen molar-refractivity contribution < 1.29 is 12.8 Å². The molecule has 0 aliphatic rings. The van der Waals surface area contributed by atoms with Gasteiger partial charge in [-0.15, -0.1) is 0 Å². The fourth-order valence-electron chi connectivity index (χ4n) is 1.69. The summed E-state index contributed by atoms with van der Waals surface area (Å²) < 4.78 is 39.7. The average Bonchev–Trinajstić information content (AvgIpc) is 2.79. The number of rotatable bonds is 5. The van der Waals surface area contributed by atoms with Crippen molar-refractivity contribution in [3.63, 3.8) is 0 Å². The molecule has 2 N–H and O–H groups in total. The van der Waals surface area contributed by atoms with Gasteiger partial charge in [-0.1, -0.05) is 24.9 Å². The number of H-pyrrole nitrogens is 1. The van der Waals surface area contributed by atoms with Crippen LogP contribution in [0, 0.1) is 5.82 Å². The molecule has 0 bridgehead atoms. The molecule has 0 saturated heterocycles. The van der Waals surface area contributed by atoms with Gasteiger partial charge in [0.2, 0.25) is 0 Å². The molecule has 8 heteroatoms. The lowest BCUT2D eigenvalue weighted by atomic mass is 10.2. The van der Waals surface area contributed by atoms with Crippen LogP contribution in [0.3, 0.4) is 0 Å². The molecule has 0 amide bonds. The lowest BCUT2D eigenvalue weighted by Crippen LogP contribution is -2.14. The molecule has 2 aromatic rings. The Morgan fingerprint density at radius 2 is 2.15 bits per heavy atom. The van der Waals surface area contributed by atoms with Gasteiger partial charge in [-0.25, -0.2) is 12.8 Å². The van der Waals surface area contributed by atoms with Crippen LogP contribution in [0.2, 0.25) is 5.02 Å². The zero-order valence-electron chi connectivity index (χ0n) is 10.7. The van der Waals surface area contributed by atoms with E-state index in [1.165, 1.54) is 6.07 Å². The zero-order valence-corrected chi connectivity index (χ0v) is 12.2. The number of hydrogen-bond acceptors (Lipinski definition) is 3. The van der Waals surface area contributed by atoms with Crippen LogP contribution in [0.15, 0.2) is 29.2 Å². The van der Waals surface area contributed by atoms with E-state index in [9.17, 15) is 12.8 Å². The van der Waals surface area contributed by atoms with E-state index in [-0.39, 0.29) is 15.7 Å². The highest BCUT2D eigenvalue weighted by molar-refractivity contribution is 7.92. The van der Waals surface area contributed by atoms with Crippen LogP contribution >= 0.6 is 11.6 Å². The Hall–Kier alpha value is -1.60. The SMILES string of the molecule is CCCc1cc(NS(=O)(=O)c2cc(F)ccc2Cl)n[nH]1. The first-order chi connectivity index (χ1) is 9.42. The molecule has 1 heterocycles. The van der Waals surface area contributed by atoms with Gasteiger partial charge in [-0.05, 0) is 24.6 Å². The first-order valence-corrected chi connectivity index (χ1v) is 7.80. The standard InChI is InChI=1S/C12H13ClFN3O2S/c1-2-3-9-7-12(16-15-9)17-20(18,19)11-6-8(14)4-5-10(11)13/h4-7H,2-3H2,1H3,(H2,15,16,17). The fraction of sp³-hybridized carbons (Fsp3) is 0.250. The van der Waals surface area contributed by atoms with Gasteiger partial charge in [0.15, 0.2) is 5.82 Å². The van der Waals surface area contributed by atoms with Crippen molar-refractivity contribution in [3.8, 4) is 0 Å². The average molecular weight is 318 g/mol. The maximum absolute atomic E-state index is 13.1. The van der Waals surface area contributed by atoms with E-state index in [2.05, 4.69) is 14.9 Å². The molecule has 0 fully saturated rings. The van der Waals surface area contributed by atoms with Crippen molar-refractivity contribution >= 4 is 27.4 Å². The summed E-state index contributed by atoms with van der Waals surface area (Å²) in [6.07, 6.45) is 1.67. The minimum atomic E-state index is -3.97. The summed E-state index contributed by atoms with van der Waals surface area (Å²) in [4.78, 5) is -0.320. The van der Waals surface area contributed by atoms with Crippen molar-refractivity contribution in [2.75, 3.05) is 4.72 Å². The van der Waals surface area contributed by atoms with Crippen LogP contribution < -0.4 is 4.72 Å². The highest BCUT2D eigenvalue weighted by atomic mass is 35.5. The fourth-order valence-corrected chi connectivity index (χ4v) is 3.19. The normalized spacial score (nSPS) is 11.6. The maximum atomic E-state index is 13.1. The third kappa shape index (κ3) is 3.29. The second kappa shape index (κ2) is 5.80. The third-order valence-electron chi connectivity index (χ3n) is 2.57. The Morgan fingerprint density at radius 1 is 1.40 bits per heavy atom. The van der Waals surface area contributed by atoms with Gasteiger partial charge in [-0.2, -0.15) is 5.10 Å². The second-order valence-corrected chi connectivity index (χ2v) is 6.27. The van der Waals surface area contributed by atoms with E-state index in [0.29, 0.717) is 0 Å². The summed E-state index contributed by atoms with van der Waals surface area (Å²) in [6.45, 7) is 2.00. The summed E-state index contributed by atoms with van der Waals surface area (Å²) in [6, 6.07) is 4.74. The Morgan fingerprint density at radius 3 is 2.85 bits per heavy atom. The highest BCUT2D eigenvalue weighted by Crippen LogP contribution is 2.24. The van der Waals surface area contributed by atoms with E-state index >= 15 is 0 Å². The number of sulfonamides is 1. The molecule has 108 valence electrons. The summed E-state index contributed by atoms with van der Waals surface area (Å²) in [5, 5.41) is 6.52. The minimum Gasteiger partial charge on any atom is -0.280 e. The van der Waals surface area contributed by atoms with Gasteiger partial charge in [0, 0.05) is 11.8 Å². The van der Waals surface area contributed by atoms with Crippen molar-refractivity contribution in [1.29, 1.82) is 0 Å². The van der Waals surface area contributed by atoms with Crippen molar-refractivity contribution in [2.45, 2.75) is 24.7 Å². The Balaban J connectivity index is 2.28. The first kappa shape index (κ1) is 14.8. The molecule has 0 atom stereocenters. The molecule has 0 unspecified atom stereocenters. The van der Waals surface area contributed by atoms with Crippen LogP contribution in [-0.4, -0.2) is 18.6 Å². The Bertz CT molecular complexity index is 715. The van der Waals surface area contributed by atoms with Gasteiger partial charge < -0.3 is 0 Å².